The quantitative estimate of drug-likeness (QED) is 0.160. The second-order valence-electron chi connectivity index (χ2n) is 10.9. The van der Waals surface area contributed by atoms with Crippen molar-refractivity contribution < 1.29 is 32.8 Å². The van der Waals surface area contributed by atoms with Crippen molar-refractivity contribution in [2.45, 2.75) is 50.4 Å². The molecule has 1 aromatic carbocycles. The van der Waals surface area contributed by atoms with Crippen molar-refractivity contribution in [3.8, 4) is 0 Å². The van der Waals surface area contributed by atoms with E-state index in [1.807, 2.05) is 11.8 Å². The predicted octanol–water partition coefficient (Wildman–Crippen LogP) is 2.57. The third-order valence-corrected chi connectivity index (χ3v) is 9.19. The molecule has 0 bridgehead atoms. The second-order valence-corrected chi connectivity index (χ2v) is 12.2. The Kier molecular flexibility index (Phi) is 8.00. The number of nitro groups is 1. The van der Waals surface area contributed by atoms with Gasteiger partial charge in [0.15, 0.2) is 11.6 Å². The number of aliphatic hydroxyl groups excluding tert-OH is 1. The minimum atomic E-state index is -1.32. The van der Waals surface area contributed by atoms with Crippen LogP contribution in [0.4, 0.5) is 15.9 Å². The Morgan fingerprint density at radius 3 is 2.62 bits per heavy atom. The molecule has 2 aliphatic heterocycles. The van der Waals surface area contributed by atoms with Gasteiger partial charge in [0.2, 0.25) is 5.43 Å². The summed E-state index contributed by atoms with van der Waals surface area (Å²) in [4.78, 5) is 56.4. The monoisotopic (exact) mass is 644 g/mol. The van der Waals surface area contributed by atoms with Gasteiger partial charge in [-0.15, -0.1) is 0 Å². The highest BCUT2D eigenvalue weighted by molar-refractivity contribution is 8.00. The summed E-state index contributed by atoms with van der Waals surface area (Å²) in [6, 6.07) is 2.76. The van der Waals surface area contributed by atoms with Gasteiger partial charge in [-0.2, -0.15) is 0 Å². The number of aromatic nitrogens is 3. The first-order chi connectivity index (χ1) is 21.4. The van der Waals surface area contributed by atoms with Gasteiger partial charge < -0.3 is 38.3 Å². The van der Waals surface area contributed by atoms with Crippen molar-refractivity contribution >= 4 is 40.1 Å². The number of esters is 1. The van der Waals surface area contributed by atoms with Crippen LogP contribution in [0.1, 0.15) is 40.0 Å². The lowest BCUT2D eigenvalue weighted by Gasteiger charge is -2.37. The molecule has 6 rings (SSSR count). The number of imidazole rings is 1. The number of anilines is 1. The molecule has 5 heterocycles. The number of aliphatic hydroxyl groups is 1. The Bertz CT molecular complexity index is 1940. The molecule has 2 aliphatic rings. The molecule has 0 radical (unpaired) electrons. The average Bonchev–Trinajstić information content (AvgIpc) is 3.51. The summed E-state index contributed by atoms with van der Waals surface area (Å²) >= 11 is 1.29. The van der Waals surface area contributed by atoms with E-state index < -0.39 is 40.7 Å². The first-order valence-corrected chi connectivity index (χ1v) is 15.0. The number of benzene rings is 1. The number of aryl methyl sites for hydroxylation is 2. The largest absolute Gasteiger partial charge is 0.519 e. The normalized spacial score (nSPS) is 17.3. The van der Waals surface area contributed by atoms with Crippen molar-refractivity contribution in [3.63, 3.8) is 0 Å². The molecule has 0 saturated carbocycles. The Morgan fingerprint density at radius 1 is 1.24 bits per heavy atom. The van der Waals surface area contributed by atoms with Crippen LogP contribution in [0.2, 0.25) is 0 Å². The molecule has 0 amide bonds. The zero-order valence-corrected chi connectivity index (χ0v) is 25.3. The van der Waals surface area contributed by atoms with Crippen LogP contribution in [0.3, 0.4) is 0 Å². The maximum atomic E-state index is 15.5. The van der Waals surface area contributed by atoms with E-state index in [0.717, 1.165) is 12.3 Å². The highest BCUT2D eigenvalue weighted by Crippen LogP contribution is 2.47. The van der Waals surface area contributed by atoms with Gasteiger partial charge in [-0.05, 0) is 30.9 Å². The lowest BCUT2D eigenvalue weighted by atomic mass is 10.1. The summed E-state index contributed by atoms with van der Waals surface area (Å²) in [5, 5.41) is 21.9. The molecule has 17 heteroatoms. The fraction of sp³-hybridized carbons (Fsp3) is 0.429. The Hall–Kier alpha value is -4.48. The van der Waals surface area contributed by atoms with Crippen LogP contribution in [0.25, 0.3) is 10.9 Å². The number of rotatable bonds is 9. The number of ether oxygens (including phenoxy) is 1. The van der Waals surface area contributed by atoms with Crippen molar-refractivity contribution in [2.75, 3.05) is 37.7 Å². The van der Waals surface area contributed by atoms with Gasteiger partial charge in [-0.25, -0.2) is 23.5 Å². The van der Waals surface area contributed by atoms with Gasteiger partial charge in [0.05, 0.1) is 28.1 Å². The van der Waals surface area contributed by atoms with E-state index in [0.29, 0.717) is 66.3 Å². The molecule has 0 aliphatic carbocycles. The van der Waals surface area contributed by atoms with Gasteiger partial charge in [-0.1, -0.05) is 11.8 Å². The molecule has 1 fully saturated rings. The Balaban J connectivity index is 1.20. The molecule has 0 spiro atoms. The van der Waals surface area contributed by atoms with E-state index >= 15 is 4.39 Å². The summed E-state index contributed by atoms with van der Waals surface area (Å²) in [6.07, 6.45) is -0.248. The highest BCUT2D eigenvalue weighted by atomic mass is 32.2. The number of nitrogens with zero attached hydrogens (tertiary/aromatic N) is 6. The number of carbonyl (C=O) groups excluding carboxylic acids is 1. The standard InChI is InChI=1S/C28H29FN6O9S/c1-14-22(44-28(39)43-14)12-31-4-6-32(7-5-31)21-9-20-18(8-19(21)29)25(37)24(26-34(20)16(3)45-26)27(38)42-13-17(36)11-33-15(2)30-10-23(33)35(40)41/h8-10,16-17,36H,4-7,11-13H2,1-3H3. The maximum absolute atomic E-state index is 15.5. The molecule has 1 saturated heterocycles. The van der Waals surface area contributed by atoms with E-state index in [9.17, 15) is 29.6 Å². The fourth-order valence-electron chi connectivity index (χ4n) is 5.66. The molecule has 45 heavy (non-hydrogen) atoms. The van der Waals surface area contributed by atoms with Gasteiger partial charge in [0.25, 0.3) is 0 Å². The number of hydrogen-bond donors (Lipinski definition) is 1. The van der Waals surface area contributed by atoms with Crippen molar-refractivity contribution in [3.05, 3.63) is 78.0 Å². The van der Waals surface area contributed by atoms with E-state index in [1.54, 1.807) is 17.6 Å². The van der Waals surface area contributed by atoms with E-state index in [4.69, 9.17) is 13.6 Å². The number of pyridine rings is 1. The van der Waals surface area contributed by atoms with Gasteiger partial charge in [-0.3, -0.25) is 9.69 Å². The fourth-order valence-corrected chi connectivity index (χ4v) is 6.81. The van der Waals surface area contributed by atoms with Crippen molar-refractivity contribution in [1.82, 2.24) is 19.0 Å². The third-order valence-electron chi connectivity index (χ3n) is 8.02. The van der Waals surface area contributed by atoms with Gasteiger partial charge in [0, 0.05) is 38.5 Å². The van der Waals surface area contributed by atoms with Gasteiger partial charge in [0.1, 0.15) is 42.6 Å². The van der Waals surface area contributed by atoms with Crippen molar-refractivity contribution in [1.29, 1.82) is 0 Å². The number of halogens is 1. The zero-order valence-electron chi connectivity index (χ0n) is 24.5. The zero-order chi connectivity index (χ0) is 32.2. The third kappa shape index (κ3) is 5.62. The van der Waals surface area contributed by atoms with E-state index in [2.05, 4.69) is 9.88 Å². The summed E-state index contributed by atoms with van der Waals surface area (Å²) in [7, 11) is 0. The molecule has 2 unspecified atom stereocenters. The van der Waals surface area contributed by atoms with Crippen molar-refractivity contribution in [2.24, 2.45) is 0 Å². The minimum absolute atomic E-state index is 0.0217. The molecule has 238 valence electrons. The highest BCUT2D eigenvalue weighted by Gasteiger charge is 2.35. The number of piperazine rings is 1. The van der Waals surface area contributed by atoms with Crippen LogP contribution in [0, 0.1) is 29.8 Å². The van der Waals surface area contributed by atoms with Crippen LogP contribution in [0.5, 0.6) is 0 Å². The smallest absolute Gasteiger partial charge is 0.459 e. The number of fused-ring (bicyclic) bond motifs is 3. The number of carbonyl (C=O) groups is 1. The first-order valence-electron chi connectivity index (χ1n) is 14.1. The topological polar surface area (TPSA) is 179 Å². The average molecular weight is 645 g/mol. The molecular weight excluding hydrogens is 615 g/mol. The molecule has 4 aromatic rings. The molecule has 1 N–H and O–H groups in total. The van der Waals surface area contributed by atoms with Crippen LogP contribution in [-0.4, -0.2) is 73.9 Å². The molecule has 3 aromatic heterocycles. The number of hydrogen-bond acceptors (Lipinski definition) is 13. The predicted molar refractivity (Wildman–Crippen MR) is 158 cm³/mol. The number of thioether (sulfide) groups is 1. The lowest BCUT2D eigenvalue weighted by molar-refractivity contribution is -0.392. The summed E-state index contributed by atoms with van der Waals surface area (Å²) in [6.45, 7) is 6.80. The summed E-state index contributed by atoms with van der Waals surface area (Å²) in [5.74, 6) is -1.48. The van der Waals surface area contributed by atoms with Crippen LogP contribution in [-0.2, 0) is 17.8 Å². The second kappa shape index (κ2) is 11.8. The Labute approximate surface area is 257 Å². The van der Waals surface area contributed by atoms with E-state index in [1.165, 1.54) is 23.3 Å². The Morgan fingerprint density at radius 2 is 1.98 bits per heavy atom. The lowest BCUT2D eigenvalue weighted by Crippen LogP contribution is -2.46. The SMILES string of the molecule is Cc1oc(=O)oc1CN1CCN(c2cc3c(cc2F)c(=O)c(C(=O)OCC(O)Cn2c([N+](=O)[O-])cnc2C)c2n3C(C)S2)CC1. The van der Waals surface area contributed by atoms with Crippen LogP contribution < -0.4 is 16.2 Å². The molecule has 15 nitrogen and oxygen atoms in total. The summed E-state index contributed by atoms with van der Waals surface area (Å²) < 4.78 is 33.8. The van der Waals surface area contributed by atoms with Crippen LogP contribution in [0.15, 0.2) is 41.8 Å². The molecular formula is C28H29FN6O9S. The van der Waals surface area contributed by atoms with E-state index in [-0.39, 0.29) is 28.7 Å². The molecule has 2 atom stereocenters. The minimum Gasteiger partial charge on any atom is -0.459 e. The summed E-state index contributed by atoms with van der Waals surface area (Å²) in [5.41, 5.74) is -0.142. The maximum Gasteiger partial charge on any atom is 0.519 e. The van der Waals surface area contributed by atoms with Gasteiger partial charge >= 0.3 is 17.6 Å². The van der Waals surface area contributed by atoms with Crippen LogP contribution >= 0.6 is 11.8 Å². The first kappa shape index (κ1) is 30.5.